The first-order chi connectivity index (χ1) is 9.52. The number of amides is 1. The van der Waals surface area contributed by atoms with Crippen molar-refractivity contribution in [1.82, 2.24) is 20.0 Å². The van der Waals surface area contributed by atoms with Crippen LogP contribution < -0.4 is 5.32 Å². The van der Waals surface area contributed by atoms with Gasteiger partial charge in [0.05, 0.1) is 5.69 Å². The molecule has 2 unspecified atom stereocenters. The molecular formula is C15H24N4O. The Balaban J connectivity index is 1.63. The third-order valence-corrected chi connectivity index (χ3v) is 4.78. The van der Waals surface area contributed by atoms with Gasteiger partial charge in [0, 0.05) is 30.9 Å². The Morgan fingerprint density at radius 3 is 2.60 bits per heavy atom. The molecule has 3 rings (SSSR count). The maximum atomic E-state index is 12.5. The number of carbonyl (C=O) groups is 1. The molecule has 2 aliphatic heterocycles. The van der Waals surface area contributed by atoms with Gasteiger partial charge in [0.15, 0.2) is 0 Å². The molecule has 2 atom stereocenters. The van der Waals surface area contributed by atoms with Crippen molar-refractivity contribution in [2.75, 3.05) is 7.05 Å². The Morgan fingerprint density at radius 2 is 2.05 bits per heavy atom. The zero-order valence-corrected chi connectivity index (χ0v) is 12.6. The predicted octanol–water partition coefficient (Wildman–Crippen LogP) is 1.24. The quantitative estimate of drug-likeness (QED) is 0.903. The Bertz CT molecular complexity index is 498. The van der Waals surface area contributed by atoms with Crippen LogP contribution in [0.2, 0.25) is 0 Å². The zero-order chi connectivity index (χ0) is 14.3. The number of nitrogens with zero attached hydrogens (tertiary/aromatic N) is 3. The summed E-state index contributed by atoms with van der Waals surface area (Å²) in [7, 11) is 1.95. The number of rotatable bonds is 3. The van der Waals surface area contributed by atoms with Crippen molar-refractivity contribution in [3.63, 3.8) is 0 Å². The number of nitrogens with one attached hydrogen (secondary N) is 1. The van der Waals surface area contributed by atoms with Crippen LogP contribution in [0.25, 0.3) is 0 Å². The first kappa shape index (κ1) is 13.6. The molecule has 0 aliphatic carbocycles. The summed E-state index contributed by atoms with van der Waals surface area (Å²) in [5.41, 5.74) is 2.02. The van der Waals surface area contributed by atoms with Gasteiger partial charge in [-0.05, 0) is 45.6 Å². The molecule has 1 amide bonds. The van der Waals surface area contributed by atoms with Crippen molar-refractivity contribution < 1.29 is 4.79 Å². The van der Waals surface area contributed by atoms with Crippen LogP contribution in [0.4, 0.5) is 0 Å². The highest BCUT2D eigenvalue weighted by Crippen LogP contribution is 2.29. The number of hydrogen-bond donors (Lipinski definition) is 1. The molecule has 1 N–H and O–H groups in total. The summed E-state index contributed by atoms with van der Waals surface area (Å²) in [6.07, 6.45) is 4.72. The van der Waals surface area contributed by atoms with Crippen LogP contribution in [-0.2, 0) is 11.3 Å². The maximum absolute atomic E-state index is 12.5. The predicted molar refractivity (Wildman–Crippen MR) is 77.4 cm³/mol. The summed E-state index contributed by atoms with van der Waals surface area (Å²) in [6, 6.07) is 3.63. The van der Waals surface area contributed by atoms with Gasteiger partial charge in [0.25, 0.3) is 0 Å². The van der Waals surface area contributed by atoms with E-state index in [1.165, 1.54) is 12.8 Å². The molecular weight excluding hydrogens is 252 g/mol. The second-order valence-electron chi connectivity index (χ2n) is 6.35. The van der Waals surface area contributed by atoms with Crippen LogP contribution in [0.5, 0.6) is 0 Å². The van der Waals surface area contributed by atoms with Crippen LogP contribution in [0.1, 0.15) is 37.1 Å². The number of likely N-dealkylation sites (N-methyl/N-ethyl adjacent to an activating group) is 1. The first-order valence-corrected chi connectivity index (χ1v) is 7.55. The molecule has 3 heterocycles. The summed E-state index contributed by atoms with van der Waals surface area (Å²) < 4.78 is 1.81. The fourth-order valence-electron chi connectivity index (χ4n) is 3.62. The average Bonchev–Trinajstić information content (AvgIpc) is 2.90. The first-order valence-electron chi connectivity index (χ1n) is 7.55. The van der Waals surface area contributed by atoms with E-state index in [9.17, 15) is 4.79 Å². The van der Waals surface area contributed by atoms with Crippen LogP contribution in [0.3, 0.4) is 0 Å². The zero-order valence-electron chi connectivity index (χ0n) is 12.6. The second kappa shape index (κ2) is 5.20. The normalized spacial score (nSPS) is 28.6. The molecule has 1 aromatic heterocycles. The third-order valence-electron chi connectivity index (χ3n) is 4.78. The van der Waals surface area contributed by atoms with E-state index >= 15 is 0 Å². The second-order valence-corrected chi connectivity index (χ2v) is 6.35. The molecule has 2 fully saturated rings. The van der Waals surface area contributed by atoms with Crippen molar-refractivity contribution in [1.29, 1.82) is 0 Å². The highest BCUT2D eigenvalue weighted by molar-refractivity contribution is 5.76. The molecule has 0 aromatic carbocycles. The number of aromatic nitrogens is 2. The molecule has 2 bridgehead atoms. The molecule has 110 valence electrons. The fraction of sp³-hybridized carbons (Fsp3) is 0.733. The topological polar surface area (TPSA) is 50.2 Å². The SMILES string of the molecule is Cc1cc(C)n(CC(=O)N(C)C2CC3CCC(C2)N3)n1. The van der Waals surface area contributed by atoms with Gasteiger partial charge in [0.1, 0.15) is 6.54 Å². The van der Waals surface area contributed by atoms with E-state index in [1.54, 1.807) is 0 Å². The number of carbonyl (C=O) groups excluding carboxylic acids is 1. The number of aryl methyl sites for hydroxylation is 2. The highest BCUT2D eigenvalue weighted by atomic mass is 16.2. The monoisotopic (exact) mass is 276 g/mol. The van der Waals surface area contributed by atoms with Crippen molar-refractivity contribution in [3.05, 3.63) is 17.5 Å². The smallest absolute Gasteiger partial charge is 0.244 e. The molecule has 20 heavy (non-hydrogen) atoms. The molecule has 0 saturated carbocycles. The Hall–Kier alpha value is -1.36. The van der Waals surface area contributed by atoms with E-state index in [-0.39, 0.29) is 5.91 Å². The van der Waals surface area contributed by atoms with Gasteiger partial charge in [0.2, 0.25) is 5.91 Å². The Kier molecular flexibility index (Phi) is 3.54. The molecule has 5 heteroatoms. The lowest BCUT2D eigenvalue weighted by molar-refractivity contribution is -0.133. The molecule has 1 aromatic rings. The van der Waals surface area contributed by atoms with E-state index in [0.29, 0.717) is 24.7 Å². The molecule has 0 radical (unpaired) electrons. The minimum absolute atomic E-state index is 0.169. The molecule has 2 saturated heterocycles. The largest absolute Gasteiger partial charge is 0.341 e. The van der Waals surface area contributed by atoms with E-state index in [1.807, 2.05) is 36.5 Å². The van der Waals surface area contributed by atoms with Crippen LogP contribution in [0, 0.1) is 13.8 Å². The lowest BCUT2D eigenvalue weighted by Gasteiger charge is -2.35. The van der Waals surface area contributed by atoms with Crippen LogP contribution in [0.15, 0.2) is 6.07 Å². The van der Waals surface area contributed by atoms with Gasteiger partial charge >= 0.3 is 0 Å². The van der Waals surface area contributed by atoms with E-state index in [0.717, 1.165) is 24.2 Å². The van der Waals surface area contributed by atoms with Gasteiger partial charge < -0.3 is 10.2 Å². The van der Waals surface area contributed by atoms with Crippen molar-refractivity contribution in [2.45, 2.75) is 64.2 Å². The van der Waals surface area contributed by atoms with Gasteiger partial charge in [-0.2, -0.15) is 5.10 Å². The standard InChI is InChI=1S/C15H24N4O/c1-10-6-11(2)19(17-10)9-15(20)18(3)14-7-12-4-5-13(8-14)16-12/h6,12-14,16H,4-5,7-9H2,1-3H3. The summed E-state index contributed by atoms with van der Waals surface area (Å²) in [4.78, 5) is 14.4. The number of piperidine rings is 1. The minimum atomic E-state index is 0.169. The summed E-state index contributed by atoms with van der Waals surface area (Å²) in [6.45, 7) is 4.32. The van der Waals surface area contributed by atoms with E-state index in [4.69, 9.17) is 0 Å². The lowest BCUT2D eigenvalue weighted by atomic mass is 9.98. The minimum Gasteiger partial charge on any atom is -0.341 e. The summed E-state index contributed by atoms with van der Waals surface area (Å²) in [5, 5.41) is 8.00. The van der Waals surface area contributed by atoms with Crippen molar-refractivity contribution >= 4 is 5.91 Å². The van der Waals surface area contributed by atoms with E-state index < -0.39 is 0 Å². The Morgan fingerprint density at radius 1 is 1.40 bits per heavy atom. The summed E-state index contributed by atoms with van der Waals surface area (Å²) in [5.74, 6) is 0.169. The molecule has 0 spiro atoms. The van der Waals surface area contributed by atoms with Crippen molar-refractivity contribution in [3.8, 4) is 0 Å². The highest BCUT2D eigenvalue weighted by Gasteiger charge is 2.36. The van der Waals surface area contributed by atoms with Gasteiger partial charge in [-0.25, -0.2) is 0 Å². The van der Waals surface area contributed by atoms with Crippen LogP contribution >= 0.6 is 0 Å². The maximum Gasteiger partial charge on any atom is 0.244 e. The van der Waals surface area contributed by atoms with E-state index in [2.05, 4.69) is 10.4 Å². The third kappa shape index (κ3) is 2.59. The Labute approximate surface area is 120 Å². The van der Waals surface area contributed by atoms with Gasteiger partial charge in [-0.3, -0.25) is 9.48 Å². The molecule has 5 nitrogen and oxygen atoms in total. The number of hydrogen-bond acceptors (Lipinski definition) is 3. The van der Waals surface area contributed by atoms with Gasteiger partial charge in [-0.15, -0.1) is 0 Å². The summed E-state index contributed by atoms with van der Waals surface area (Å²) >= 11 is 0. The average molecular weight is 276 g/mol. The number of fused-ring (bicyclic) bond motifs is 2. The van der Waals surface area contributed by atoms with Gasteiger partial charge in [-0.1, -0.05) is 0 Å². The van der Waals surface area contributed by atoms with Crippen LogP contribution in [-0.4, -0.2) is 45.8 Å². The molecule has 2 aliphatic rings. The fourth-order valence-corrected chi connectivity index (χ4v) is 3.62. The van der Waals surface area contributed by atoms with Crippen molar-refractivity contribution in [2.24, 2.45) is 0 Å². The lowest BCUT2D eigenvalue weighted by Crippen LogP contribution is -2.49.